The van der Waals surface area contributed by atoms with Crippen molar-refractivity contribution in [2.45, 2.75) is 31.6 Å². The summed E-state index contributed by atoms with van der Waals surface area (Å²) in [5, 5.41) is 9.00. The Balaban J connectivity index is 3.20. The number of nitrogens with one attached hydrogen (secondary N) is 1. The van der Waals surface area contributed by atoms with Crippen molar-refractivity contribution < 1.29 is 18.3 Å². The molecule has 0 unspecified atom stereocenters. The van der Waals surface area contributed by atoms with E-state index in [4.69, 9.17) is 5.11 Å². The van der Waals surface area contributed by atoms with Crippen LogP contribution in [0.2, 0.25) is 0 Å². The highest BCUT2D eigenvalue weighted by Gasteiger charge is 2.21. The Morgan fingerprint density at radius 1 is 1.24 bits per heavy atom. The van der Waals surface area contributed by atoms with Crippen molar-refractivity contribution in [2.75, 3.05) is 24.5 Å². The summed E-state index contributed by atoms with van der Waals surface area (Å²) < 4.78 is 27.2. The van der Waals surface area contributed by atoms with Gasteiger partial charge in [-0.1, -0.05) is 26.0 Å². The third-order valence-electron chi connectivity index (χ3n) is 2.86. The van der Waals surface area contributed by atoms with Crippen LogP contribution in [0.15, 0.2) is 29.2 Å². The SMILES string of the molecule is CCCNS(=O)(=O)c1ccccc1N(CCC)CC(=O)O. The van der Waals surface area contributed by atoms with E-state index in [1.807, 2.05) is 13.8 Å². The van der Waals surface area contributed by atoms with E-state index in [9.17, 15) is 13.2 Å². The molecule has 118 valence electrons. The monoisotopic (exact) mass is 314 g/mol. The van der Waals surface area contributed by atoms with Gasteiger partial charge in [-0.3, -0.25) is 4.79 Å². The maximum absolute atomic E-state index is 12.3. The molecule has 0 aliphatic carbocycles. The van der Waals surface area contributed by atoms with Crippen LogP contribution < -0.4 is 9.62 Å². The van der Waals surface area contributed by atoms with Gasteiger partial charge in [-0.25, -0.2) is 13.1 Å². The van der Waals surface area contributed by atoms with Gasteiger partial charge in [-0.05, 0) is 25.0 Å². The zero-order valence-electron chi connectivity index (χ0n) is 12.4. The molecule has 0 atom stereocenters. The van der Waals surface area contributed by atoms with Crippen LogP contribution in [-0.2, 0) is 14.8 Å². The molecule has 0 amide bonds. The molecule has 1 rings (SSSR count). The molecule has 0 aromatic heterocycles. The Hall–Kier alpha value is -1.60. The van der Waals surface area contributed by atoms with Crippen molar-refractivity contribution >= 4 is 21.7 Å². The molecular weight excluding hydrogens is 292 g/mol. The van der Waals surface area contributed by atoms with Crippen LogP contribution in [-0.4, -0.2) is 39.1 Å². The first-order valence-corrected chi connectivity index (χ1v) is 8.46. The number of anilines is 1. The van der Waals surface area contributed by atoms with Gasteiger partial charge >= 0.3 is 5.97 Å². The fourth-order valence-corrected chi connectivity index (χ4v) is 3.34. The minimum absolute atomic E-state index is 0.119. The fraction of sp³-hybridized carbons (Fsp3) is 0.500. The molecule has 0 spiro atoms. The quantitative estimate of drug-likeness (QED) is 0.724. The van der Waals surface area contributed by atoms with E-state index in [-0.39, 0.29) is 11.4 Å². The van der Waals surface area contributed by atoms with Crippen molar-refractivity contribution in [3.63, 3.8) is 0 Å². The molecule has 0 heterocycles. The van der Waals surface area contributed by atoms with Crippen LogP contribution in [0.4, 0.5) is 5.69 Å². The van der Waals surface area contributed by atoms with Crippen LogP contribution in [0.3, 0.4) is 0 Å². The summed E-state index contributed by atoms with van der Waals surface area (Å²) in [5.41, 5.74) is 0.422. The molecule has 0 radical (unpaired) electrons. The average Bonchev–Trinajstić information content (AvgIpc) is 2.44. The fourth-order valence-electron chi connectivity index (χ4n) is 1.98. The number of hydrogen-bond donors (Lipinski definition) is 2. The summed E-state index contributed by atoms with van der Waals surface area (Å²) in [6, 6.07) is 6.48. The lowest BCUT2D eigenvalue weighted by Crippen LogP contribution is -2.33. The zero-order valence-corrected chi connectivity index (χ0v) is 13.2. The number of carboxylic acid groups (broad SMARTS) is 1. The van der Waals surface area contributed by atoms with Crippen molar-refractivity contribution in [3.8, 4) is 0 Å². The first kappa shape index (κ1) is 17.5. The standard InChI is InChI=1S/C14H22N2O4S/c1-3-9-15-21(19,20)13-8-6-5-7-12(13)16(10-4-2)11-14(17)18/h5-8,15H,3-4,9-11H2,1-2H3,(H,17,18). The number of rotatable bonds is 9. The van der Waals surface area contributed by atoms with E-state index in [2.05, 4.69) is 4.72 Å². The number of aliphatic carboxylic acids is 1. The second-order valence-electron chi connectivity index (χ2n) is 4.68. The van der Waals surface area contributed by atoms with Crippen LogP contribution in [0.5, 0.6) is 0 Å². The second kappa shape index (κ2) is 7.99. The molecule has 0 bridgehead atoms. The molecule has 0 aliphatic rings. The van der Waals surface area contributed by atoms with Gasteiger partial charge in [0.05, 0.1) is 5.69 Å². The Kier molecular flexibility index (Phi) is 6.64. The normalized spacial score (nSPS) is 11.3. The summed E-state index contributed by atoms with van der Waals surface area (Å²) in [6.45, 7) is 4.40. The number of sulfonamides is 1. The maximum Gasteiger partial charge on any atom is 0.323 e. The third-order valence-corrected chi connectivity index (χ3v) is 4.37. The highest BCUT2D eigenvalue weighted by atomic mass is 32.2. The molecule has 2 N–H and O–H groups in total. The molecule has 0 saturated heterocycles. The topological polar surface area (TPSA) is 86.7 Å². The van der Waals surface area contributed by atoms with E-state index < -0.39 is 16.0 Å². The number of para-hydroxylation sites is 1. The molecule has 0 saturated carbocycles. The van der Waals surface area contributed by atoms with Crippen molar-refractivity contribution in [2.24, 2.45) is 0 Å². The Morgan fingerprint density at radius 2 is 1.90 bits per heavy atom. The number of nitrogens with zero attached hydrogens (tertiary/aromatic N) is 1. The van der Waals surface area contributed by atoms with Crippen molar-refractivity contribution in [1.82, 2.24) is 4.72 Å². The summed E-state index contributed by atoms with van der Waals surface area (Å²) >= 11 is 0. The van der Waals surface area contributed by atoms with E-state index in [0.29, 0.717) is 25.2 Å². The first-order chi connectivity index (χ1) is 9.92. The first-order valence-electron chi connectivity index (χ1n) is 6.97. The van der Waals surface area contributed by atoms with Crippen LogP contribution >= 0.6 is 0 Å². The molecule has 1 aromatic rings. The number of carbonyl (C=O) groups is 1. The van der Waals surface area contributed by atoms with Crippen molar-refractivity contribution in [3.05, 3.63) is 24.3 Å². The van der Waals surface area contributed by atoms with Gasteiger partial charge in [0, 0.05) is 13.1 Å². The average molecular weight is 314 g/mol. The molecule has 7 heteroatoms. The highest BCUT2D eigenvalue weighted by Crippen LogP contribution is 2.25. The minimum Gasteiger partial charge on any atom is -0.480 e. The molecule has 0 fully saturated rings. The summed E-state index contributed by atoms with van der Waals surface area (Å²) in [7, 11) is -3.64. The molecule has 6 nitrogen and oxygen atoms in total. The molecule has 0 aliphatic heterocycles. The van der Waals surface area contributed by atoms with E-state index in [1.54, 1.807) is 23.1 Å². The maximum atomic E-state index is 12.3. The lowest BCUT2D eigenvalue weighted by atomic mass is 10.2. The number of benzene rings is 1. The van der Waals surface area contributed by atoms with Crippen LogP contribution in [0.1, 0.15) is 26.7 Å². The molecule has 1 aromatic carbocycles. The smallest absolute Gasteiger partial charge is 0.323 e. The molecular formula is C14H22N2O4S. The predicted octanol–water partition coefficient (Wildman–Crippen LogP) is 1.68. The van der Waals surface area contributed by atoms with Crippen LogP contribution in [0, 0.1) is 0 Å². The molecule has 21 heavy (non-hydrogen) atoms. The van der Waals surface area contributed by atoms with Gasteiger partial charge in [0.1, 0.15) is 11.4 Å². The van der Waals surface area contributed by atoms with Crippen molar-refractivity contribution in [1.29, 1.82) is 0 Å². The van der Waals surface area contributed by atoms with Crippen LogP contribution in [0.25, 0.3) is 0 Å². The lowest BCUT2D eigenvalue weighted by Gasteiger charge is -2.24. The van der Waals surface area contributed by atoms with E-state index in [0.717, 1.165) is 6.42 Å². The summed E-state index contributed by atoms with van der Waals surface area (Å²) in [4.78, 5) is 12.7. The predicted molar refractivity (Wildman–Crippen MR) is 82.1 cm³/mol. The number of carboxylic acids is 1. The Morgan fingerprint density at radius 3 is 2.48 bits per heavy atom. The van der Waals surface area contributed by atoms with Gasteiger partial charge in [0.15, 0.2) is 0 Å². The highest BCUT2D eigenvalue weighted by molar-refractivity contribution is 7.89. The van der Waals surface area contributed by atoms with E-state index >= 15 is 0 Å². The summed E-state index contributed by atoms with van der Waals surface area (Å²) in [5.74, 6) is -0.989. The van der Waals surface area contributed by atoms with Gasteiger partial charge in [0.25, 0.3) is 0 Å². The van der Waals surface area contributed by atoms with Gasteiger partial charge in [0.2, 0.25) is 10.0 Å². The lowest BCUT2D eigenvalue weighted by molar-refractivity contribution is -0.135. The second-order valence-corrected chi connectivity index (χ2v) is 6.42. The van der Waals surface area contributed by atoms with Gasteiger partial charge < -0.3 is 10.0 Å². The minimum atomic E-state index is -3.64. The Labute approximate surface area is 125 Å². The van der Waals surface area contributed by atoms with Gasteiger partial charge in [-0.15, -0.1) is 0 Å². The Bertz CT molecular complexity index is 572. The third kappa shape index (κ3) is 5.02. The zero-order chi connectivity index (χ0) is 15.9. The van der Waals surface area contributed by atoms with Gasteiger partial charge in [-0.2, -0.15) is 0 Å². The number of hydrogen-bond acceptors (Lipinski definition) is 4. The largest absolute Gasteiger partial charge is 0.480 e. The van der Waals surface area contributed by atoms with E-state index in [1.165, 1.54) is 6.07 Å². The summed E-state index contributed by atoms with van der Waals surface area (Å²) in [6.07, 6.45) is 1.42.